The molecule has 1 unspecified atom stereocenters. The van der Waals surface area contributed by atoms with Crippen LogP contribution in [0.3, 0.4) is 0 Å². The molecule has 1 fully saturated rings. The molecule has 0 aromatic heterocycles. The van der Waals surface area contributed by atoms with Crippen LogP contribution in [0.5, 0.6) is 0 Å². The van der Waals surface area contributed by atoms with E-state index in [1.807, 2.05) is 17.9 Å². The van der Waals surface area contributed by atoms with Crippen LogP contribution in [0.25, 0.3) is 0 Å². The predicted molar refractivity (Wildman–Crippen MR) is 104 cm³/mol. The molecule has 0 radical (unpaired) electrons. The Balaban J connectivity index is 1.59. The monoisotopic (exact) mass is 351 g/mol. The topological polar surface area (TPSA) is 61.4 Å². The number of anilines is 1. The molecular weight excluding hydrogens is 326 g/mol. The number of carbonyl (C=O) groups excluding carboxylic acids is 2. The minimum atomic E-state index is -0.106. The quantitative estimate of drug-likeness (QED) is 0.881. The van der Waals surface area contributed by atoms with E-state index in [2.05, 4.69) is 35.8 Å². The third-order valence-electron chi connectivity index (χ3n) is 4.84. The van der Waals surface area contributed by atoms with Gasteiger partial charge in [0.25, 0.3) is 5.91 Å². The first-order chi connectivity index (χ1) is 12.6. The molecule has 0 saturated carbocycles. The number of hydrogen-bond donors (Lipinski definition) is 2. The second-order valence-electron chi connectivity index (χ2n) is 6.66. The van der Waals surface area contributed by atoms with Crippen LogP contribution >= 0.6 is 0 Å². The van der Waals surface area contributed by atoms with Crippen LogP contribution in [-0.2, 0) is 0 Å². The molecule has 1 atom stereocenters. The van der Waals surface area contributed by atoms with Gasteiger partial charge >= 0.3 is 6.03 Å². The maximum absolute atomic E-state index is 12.5. The standard InChI is InChI=1S/C21H25N3O2/c1-3-22-20(25)16-8-10-18(11-9-16)23-21(26)24-13-12-17(14-24)19-7-5-4-6-15(19)2/h4-11,17H,3,12-14H2,1-2H3,(H,22,25)(H,23,26). The van der Waals surface area contributed by atoms with Crippen LogP contribution in [0.1, 0.15) is 40.7 Å². The van der Waals surface area contributed by atoms with Gasteiger partial charge in [0.2, 0.25) is 0 Å². The summed E-state index contributed by atoms with van der Waals surface area (Å²) < 4.78 is 0. The number of carbonyl (C=O) groups is 2. The summed E-state index contributed by atoms with van der Waals surface area (Å²) in [6, 6.07) is 15.3. The zero-order chi connectivity index (χ0) is 18.5. The number of aryl methyl sites for hydroxylation is 1. The Labute approximate surface area is 154 Å². The van der Waals surface area contributed by atoms with E-state index in [0.717, 1.165) is 19.5 Å². The second kappa shape index (κ2) is 8.04. The van der Waals surface area contributed by atoms with Crippen LogP contribution in [0.2, 0.25) is 0 Å². The van der Waals surface area contributed by atoms with E-state index in [1.165, 1.54) is 11.1 Å². The van der Waals surface area contributed by atoms with E-state index in [9.17, 15) is 9.59 Å². The fraction of sp³-hybridized carbons (Fsp3) is 0.333. The highest BCUT2D eigenvalue weighted by atomic mass is 16.2. The largest absolute Gasteiger partial charge is 0.352 e. The molecule has 0 bridgehead atoms. The Kier molecular flexibility index (Phi) is 5.56. The average Bonchev–Trinajstić information content (AvgIpc) is 3.13. The van der Waals surface area contributed by atoms with Gasteiger partial charge < -0.3 is 15.5 Å². The van der Waals surface area contributed by atoms with Crippen LogP contribution < -0.4 is 10.6 Å². The summed E-state index contributed by atoms with van der Waals surface area (Å²) >= 11 is 0. The lowest BCUT2D eigenvalue weighted by molar-refractivity contribution is 0.0956. The van der Waals surface area contributed by atoms with Crippen molar-refractivity contribution < 1.29 is 9.59 Å². The molecule has 1 aliphatic rings. The van der Waals surface area contributed by atoms with Gasteiger partial charge in [-0.15, -0.1) is 0 Å². The summed E-state index contributed by atoms with van der Waals surface area (Å²) in [4.78, 5) is 26.2. The van der Waals surface area contributed by atoms with Gasteiger partial charge in [0.1, 0.15) is 0 Å². The zero-order valence-corrected chi connectivity index (χ0v) is 15.3. The van der Waals surface area contributed by atoms with E-state index in [-0.39, 0.29) is 11.9 Å². The van der Waals surface area contributed by atoms with Gasteiger partial charge in [-0.25, -0.2) is 4.79 Å². The van der Waals surface area contributed by atoms with E-state index in [1.54, 1.807) is 24.3 Å². The van der Waals surface area contributed by atoms with Crippen molar-refractivity contribution in [3.63, 3.8) is 0 Å². The van der Waals surface area contributed by atoms with E-state index in [0.29, 0.717) is 23.7 Å². The minimum absolute atomic E-state index is 0.0909. The summed E-state index contributed by atoms with van der Waals surface area (Å²) in [6.07, 6.45) is 0.981. The second-order valence-corrected chi connectivity index (χ2v) is 6.66. The van der Waals surface area contributed by atoms with E-state index < -0.39 is 0 Å². The minimum Gasteiger partial charge on any atom is -0.352 e. The first kappa shape index (κ1) is 18.0. The maximum atomic E-state index is 12.5. The van der Waals surface area contributed by atoms with Crippen LogP contribution in [0.4, 0.5) is 10.5 Å². The first-order valence-electron chi connectivity index (χ1n) is 9.08. The summed E-state index contributed by atoms with van der Waals surface area (Å²) in [5.41, 5.74) is 3.89. The van der Waals surface area contributed by atoms with E-state index in [4.69, 9.17) is 0 Å². The number of benzene rings is 2. The molecular formula is C21H25N3O2. The highest BCUT2D eigenvalue weighted by molar-refractivity contribution is 5.95. The van der Waals surface area contributed by atoms with Crippen LogP contribution in [-0.4, -0.2) is 36.5 Å². The lowest BCUT2D eigenvalue weighted by Gasteiger charge is -2.18. The number of urea groups is 1. The van der Waals surface area contributed by atoms with Crippen molar-refractivity contribution >= 4 is 17.6 Å². The van der Waals surface area contributed by atoms with Gasteiger partial charge in [0.05, 0.1) is 0 Å². The third kappa shape index (κ3) is 4.04. The maximum Gasteiger partial charge on any atom is 0.321 e. The lowest BCUT2D eigenvalue weighted by atomic mass is 9.94. The molecule has 5 heteroatoms. The van der Waals surface area contributed by atoms with E-state index >= 15 is 0 Å². The Morgan fingerprint density at radius 1 is 1.12 bits per heavy atom. The van der Waals surface area contributed by atoms with Gasteiger partial charge in [-0.2, -0.15) is 0 Å². The molecule has 2 N–H and O–H groups in total. The summed E-state index contributed by atoms with van der Waals surface area (Å²) in [5, 5.41) is 5.68. The molecule has 3 amide bonds. The van der Waals surface area contributed by atoms with Crippen LogP contribution in [0.15, 0.2) is 48.5 Å². The summed E-state index contributed by atoms with van der Waals surface area (Å²) in [7, 11) is 0. The van der Waals surface area contributed by atoms with Crippen LogP contribution in [0, 0.1) is 6.92 Å². The van der Waals surface area contributed by atoms with Crippen molar-refractivity contribution in [3.05, 3.63) is 65.2 Å². The molecule has 2 aromatic rings. The zero-order valence-electron chi connectivity index (χ0n) is 15.3. The Morgan fingerprint density at radius 2 is 1.85 bits per heavy atom. The van der Waals surface area contributed by atoms with Gasteiger partial charge in [-0.1, -0.05) is 24.3 Å². The highest BCUT2D eigenvalue weighted by Gasteiger charge is 2.28. The molecule has 26 heavy (non-hydrogen) atoms. The van der Waals surface area contributed by atoms with Crippen molar-refractivity contribution in [2.75, 3.05) is 25.0 Å². The lowest BCUT2D eigenvalue weighted by Crippen LogP contribution is -2.32. The molecule has 1 aliphatic heterocycles. The molecule has 136 valence electrons. The molecule has 1 heterocycles. The number of nitrogens with zero attached hydrogens (tertiary/aromatic N) is 1. The first-order valence-corrected chi connectivity index (χ1v) is 9.08. The average molecular weight is 351 g/mol. The molecule has 0 spiro atoms. The van der Waals surface area contributed by atoms with Crippen molar-refractivity contribution in [3.8, 4) is 0 Å². The van der Waals surface area contributed by atoms with Crippen molar-refractivity contribution in [1.29, 1.82) is 0 Å². The number of amides is 3. The normalized spacial score (nSPS) is 16.4. The molecule has 2 aromatic carbocycles. The van der Waals surface area contributed by atoms with Crippen molar-refractivity contribution in [2.45, 2.75) is 26.2 Å². The molecule has 1 saturated heterocycles. The number of nitrogens with one attached hydrogen (secondary N) is 2. The highest BCUT2D eigenvalue weighted by Crippen LogP contribution is 2.29. The molecule has 0 aliphatic carbocycles. The molecule has 3 rings (SSSR count). The summed E-state index contributed by atoms with van der Waals surface area (Å²) in [5.74, 6) is 0.285. The fourth-order valence-electron chi connectivity index (χ4n) is 3.41. The van der Waals surface area contributed by atoms with Crippen molar-refractivity contribution in [2.24, 2.45) is 0 Å². The number of likely N-dealkylation sites (tertiary alicyclic amines) is 1. The Morgan fingerprint density at radius 3 is 2.54 bits per heavy atom. The smallest absolute Gasteiger partial charge is 0.321 e. The molecule has 5 nitrogen and oxygen atoms in total. The number of hydrogen-bond acceptors (Lipinski definition) is 2. The van der Waals surface area contributed by atoms with Gasteiger partial charge in [-0.3, -0.25) is 4.79 Å². The van der Waals surface area contributed by atoms with Crippen molar-refractivity contribution in [1.82, 2.24) is 10.2 Å². The fourth-order valence-corrected chi connectivity index (χ4v) is 3.41. The SMILES string of the molecule is CCNC(=O)c1ccc(NC(=O)N2CCC(c3ccccc3C)C2)cc1. The Bertz CT molecular complexity index is 786. The third-order valence-corrected chi connectivity index (χ3v) is 4.84. The number of rotatable bonds is 4. The van der Waals surface area contributed by atoms with Gasteiger partial charge in [0, 0.05) is 36.8 Å². The summed E-state index contributed by atoms with van der Waals surface area (Å²) in [6.45, 7) is 6.07. The van der Waals surface area contributed by atoms with Gasteiger partial charge in [-0.05, 0) is 55.7 Å². The Hall–Kier alpha value is -2.82. The predicted octanol–water partition coefficient (Wildman–Crippen LogP) is 3.77. The van der Waals surface area contributed by atoms with Gasteiger partial charge in [0.15, 0.2) is 0 Å².